The van der Waals surface area contributed by atoms with Crippen LogP contribution in [0.1, 0.15) is 5.69 Å². The second-order valence-electron chi connectivity index (χ2n) is 1.94. The van der Waals surface area contributed by atoms with Crippen LogP contribution in [0.5, 0.6) is 0 Å². The third-order valence-electron chi connectivity index (χ3n) is 1.12. The molecule has 0 aliphatic carbocycles. The highest BCUT2D eigenvalue weighted by Gasteiger charge is 2.06. The molecule has 0 atom stereocenters. The van der Waals surface area contributed by atoms with E-state index >= 15 is 0 Å². The molecule has 0 saturated carbocycles. The molecule has 5 nitrogen and oxygen atoms in total. The molecule has 1 heterocycles. The van der Waals surface area contributed by atoms with Crippen LogP contribution in [0.3, 0.4) is 0 Å². The first-order valence-corrected chi connectivity index (χ1v) is 4.17. The average molecular weight is 197 g/mol. The van der Waals surface area contributed by atoms with Gasteiger partial charge in [0.25, 0.3) is 0 Å². The number of hydrogen-bond acceptors (Lipinski definition) is 6. The predicted molar refractivity (Wildman–Crippen MR) is 50.4 cm³/mol. The second-order valence-corrected chi connectivity index (χ2v) is 2.83. The van der Waals surface area contributed by atoms with Crippen molar-refractivity contribution in [3.05, 3.63) is 23.9 Å². The van der Waals surface area contributed by atoms with E-state index in [1.165, 1.54) is 11.3 Å². The van der Waals surface area contributed by atoms with Gasteiger partial charge in [-0.3, -0.25) is 4.79 Å². The summed E-state index contributed by atoms with van der Waals surface area (Å²) in [5, 5.41) is 5.46. The summed E-state index contributed by atoms with van der Waals surface area (Å²) in [6.45, 7) is 3.28. The number of anilines is 1. The van der Waals surface area contributed by atoms with Crippen LogP contribution in [0.25, 0.3) is 0 Å². The Hall–Kier alpha value is -1.69. The third kappa shape index (κ3) is 2.38. The molecule has 0 amide bonds. The Bertz CT molecular complexity index is 345. The summed E-state index contributed by atoms with van der Waals surface area (Å²) in [7, 11) is 0. The summed E-state index contributed by atoms with van der Waals surface area (Å²) in [5.74, 6) is 0. The largest absolute Gasteiger partial charge is 0.375 e. The Morgan fingerprint density at radius 1 is 1.85 bits per heavy atom. The van der Waals surface area contributed by atoms with Gasteiger partial charge in [0.1, 0.15) is 12.0 Å². The van der Waals surface area contributed by atoms with E-state index in [1.54, 1.807) is 5.38 Å². The van der Waals surface area contributed by atoms with Crippen LogP contribution >= 0.6 is 11.3 Å². The van der Waals surface area contributed by atoms with E-state index in [0.717, 1.165) is 6.26 Å². The SMILES string of the molecule is C=CO/N=C(\C=O)c1csc(N)n1. The lowest BCUT2D eigenvalue weighted by Gasteiger charge is -1.91. The van der Waals surface area contributed by atoms with E-state index in [4.69, 9.17) is 5.73 Å². The first-order valence-electron chi connectivity index (χ1n) is 3.29. The molecule has 1 aromatic heterocycles. The average Bonchev–Trinajstić information content (AvgIpc) is 2.54. The van der Waals surface area contributed by atoms with Gasteiger partial charge in [-0.2, -0.15) is 0 Å². The molecule has 0 unspecified atom stereocenters. The van der Waals surface area contributed by atoms with Crippen molar-refractivity contribution >= 4 is 28.5 Å². The number of rotatable bonds is 4. The van der Waals surface area contributed by atoms with Gasteiger partial charge >= 0.3 is 0 Å². The highest BCUT2D eigenvalue weighted by Crippen LogP contribution is 2.11. The molecular formula is C7H7N3O2S. The van der Waals surface area contributed by atoms with E-state index in [9.17, 15) is 4.79 Å². The Morgan fingerprint density at radius 2 is 2.62 bits per heavy atom. The molecule has 0 spiro atoms. The first-order chi connectivity index (χ1) is 6.27. The zero-order valence-electron chi connectivity index (χ0n) is 6.64. The number of nitrogen functional groups attached to an aromatic ring is 1. The van der Waals surface area contributed by atoms with Crippen molar-refractivity contribution in [3.8, 4) is 0 Å². The van der Waals surface area contributed by atoms with E-state index in [0.29, 0.717) is 17.1 Å². The van der Waals surface area contributed by atoms with Crippen LogP contribution in [0.15, 0.2) is 23.4 Å². The van der Waals surface area contributed by atoms with Gasteiger partial charge in [0.2, 0.25) is 0 Å². The highest BCUT2D eigenvalue weighted by molar-refractivity contribution is 7.13. The fourth-order valence-electron chi connectivity index (χ4n) is 0.628. The van der Waals surface area contributed by atoms with Gasteiger partial charge in [-0.25, -0.2) is 4.98 Å². The molecule has 13 heavy (non-hydrogen) atoms. The van der Waals surface area contributed by atoms with E-state index in [2.05, 4.69) is 21.6 Å². The van der Waals surface area contributed by atoms with E-state index < -0.39 is 0 Å². The Balaban J connectivity index is 2.89. The van der Waals surface area contributed by atoms with Crippen LogP contribution in [0.4, 0.5) is 5.13 Å². The fraction of sp³-hybridized carbons (Fsp3) is 0. The van der Waals surface area contributed by atoms with Crippen LogP contribution in [-0.4, -0.2) is 17.0 Å². The van der Waals surface area contributed by atoms with Crippen LogP contribution in [-0.2, 0) is 9.63 Å². The maximum Gasteiger partial charge on any atom is 0.180 e. The monoisotopic (exact) mass is 197 g/mol. The normalized spacial score (nSPS) is 10.9. The number of nitrogens with zero attached hydrogens (tertiary/aromatic N) is 2. The lowest BCUT2D eigenvalue weighted by Crippen LogP contribution is -2.03. The van der Waals surface area contributed by atoms with Crippen molar-refractivity contribution in [2.24, 2.45) is 5.16 Å². The lowest BCUT2D eigenvalue weighted by atomic mass is 10.3. The van der Waals surface area contributed by atoms with Gasteiger partial charge in [-0.05, 0) is 0 Å². The van der Waals surface area contributed by atoms with Crippen molar-refractivity contribution in [1.29, 1.82) is 0 Å². The minimum Gasteiger partial charge on any atom is -0.375 e. The molecule has 0 aliphatic heterocycles. The quantitative estimate of drug-likeness (QED) is 0.335. The summed E-state index contributed by atoms with van der Waals surface area (Å²) in [5.41, 5.74) is 5.87. The first kappa shape index (κ1) is 9.40. The van der Waals surface area contributed by atoms with Gasteiger partial charge in [0.15, 0.2) is 17.1 Å². The van der Waals surface area contributed by atoms with Crippen LogP contribution < -0.4 is 5.73 Å². The molecule has 0 fully saturated rings. The van der Waals surface area contributed by atoms with Crippen LogP contribution in [0.2, 0.25) is 0 Å². The molecule has 68 valence electrons. The molecule has 0 bridgehead atoms. The number of carbonyl (C=O) groups excluding carboxylic acids is 1. The van der Waals surface area contributed by atoms with Gasteiger partial charge in [-0.15, -0.1) is 11.3 Å². The van der Waals surface area contributed by atoms with Gasteiger partial charge in [0, 0.05) is 5.38 Å². The Labute approximate surface area is 78.5 Å². The van der Waals surface area contributed by atoms with Crippen molar-refractivity contribution in [3.63, 3.8) is 0 Å². The molecule has 0 radical (unpaired) electrons. The number of aromatic nitrogens is 1. The third-order valence-corrected chi connectivity index (χ3v) is 1.80. The van der Waals surface area contributed by atoms with Crippen molar-refractivity contribution in [1.82, 2.24) is 4.98 Å². The van der Waals surface area contributed by atoms with Gasteiger partial charge in [-0.1, -0.05) is 11.7 Å². The minimum atomic E-state index is 0.0906. The van der Waals surface area contributed by atoms with Gasteiger partial charge in [0.05, 0.1) is 0 Å². The summed E-state index contributed by atoms with van der Waals surface area (Å²) in [6.07, 6.45) is 1.65. The van der Waals surface area contributed by atoms with E-state index in [-0.39, 0.29) is 5.71 Å². The molecule has 0 saturated heterocycles. The minimum absolute atomic E-state index is 0.0906. The number of aldehydes is 1. The fourth-order valence-corrected chi connectivity index (χ4v) is 1.18. The number of carbonyl (C=O) groups is 1. The summed E-state index contributed by atoms with van der Waals surface area (Å²) in [6, 6.07) is 0. The van der Waals surface area contributed by atoms with Crippen molar-refractivity contribution in [2.75, 3.05) is 5.73 Å². The van der Waals surface area contributed by atoms with Crippen molar-refractivity contribution in [2.45, 2.75) is 0 Å². The number of thiazole rings is 1. The van der Waals surface area contributed by atoms with Crippen molar-refractivity contribution < 1.29 is 9.63 Å². The number of nitrogens with two attached hydrogens (primary N) is 1. The van der Waals surface area contributed by atoms with Crippen LogP contribution in [0, 0.1) is 0 Å². The molecule has 6 heteroatoms. The summed E-state index contributed by atoms with van der Waals surface area (Å²) >= 11 is 1.23. The smallest absolute Gasteiger partial charge is 0.180 e. The predicted octanol–water partition coefficient (Wildman–Crippen LogP) is 0.788. The Morgan fingerprint density at radius 3 is 3.08 bits per heavy atom. The maximum atomic E-state index is 10.5. The molecular weight excluding hydrogens is 190 g/mol. The molecule has 0 aromatic carbocycles. The standard InChI is InChI=1S/C7H7N3O2S/c1-2-12-10-5(3-11)6-4-13-7(8)9-6/h2-4H,1H2,(H2,8,9)/b10-5+. The maximum absolute atomic E-state index is 10.5. The second kappa shape index (κ2) is 4.36. The molecule has 2 N–H and O–H groups in total. The molecule has 1 aromatic rings. The zero-order chi connectivity index (χ0) is 9.68. The van der Waals surface area contributed by atoms with E-state index in [1.807, 2.05) is 0 Å². The number of oxime groups is 1. The lowest BCUT2D eigenvalue weighted by molar-refractivity contribution is -0.102. The highest BCUT2D eigenvalue weighted by atomic mass is 32.1. The number of hydrogen-bond donors (Lipinski definition) is 1. The summed E-state index contributed by atoms with van der Waals surface area (Å²) in [4.78, 5) is 18.8. The summed E-state index contributed by atoms with van der Waals surface area (Å²) < 4.78 is 0. The molecule has 0 aliphatic rings. The Kier molecular flexibility index (Phi) is 3.15. The topological polar surface area (TPSA) is 77.6 Å². The zero-order valence-corrected chi connectivity index (χ0v) is 7.45. The molecule has 1 rings (SSSR count). The van der Waals surface area contributed by atoms with Gasteiger partial charge < -0.3 is 10.6 Å².